The SMILES string of the molecule is C[C@@H](C(=O)N1CCNC(=O)[C@@H]1CCO)c1ccc(-c2ccccc2)c(F)c1. The van der Waals surface area contributed by atoms with Crippen LogP contribution in [0.2, 0.25) is 0 Å². The number of rotatable bonds is 5. The van der Waals surface area contributed by atoms with Crippen molar-refractivity contribution in [2.24, 2.45) is 0 Å². The van der Waals surface area contributed by atoms with E-state index >= 15 is 0 Å². The number of carbonyl (C=O) groups excluding carboxylic acids is 2. The second kappa shape index (κ2) is 8.31. The zero-order chi connectivity index (χ0) is 19.4. The van der Waals surface area contributed by atoms with Crippen LogP contribution in [0.25, 0.3) is 11.1 Å². The van der Waals surface area contributed by atoms with Crippen LogP contribution in [0, 0.1) is 5.82 Å². The minimum Gasteiger partial charge on any atom is -0.396 e. The van der Waals surface area contributed by atoms with Crippen LogP contribution in [0.5, 0.6) is 0 Å². The average Bonchev–Trinajstić information content (AvgIpc) is 2.69. The Morgan fingerprint density at radius 1 is 1.30 bits per heavy atom. The zero-order valence-corrected chi connectivity index (χ0v) is 15.2. The number of hydrogen-bond acceptors (Lipinski definition) is 3. The maximum absolute atomic E-state index is 14.6. The lowest BCUT2D eigenvalue weighted by molar-refractivity contribution is -0.144. The van der Waals surface area contributed by atoms with Crippen LogP contribution in [0.1, 0.15) is 24.8 Å². The standard InChI is InChI=1S/C21H23FN2O3/c1-14(21(27)24-11-10-23-20(26)19(24)9-12-25)16-7-8-17(18(22)13-16)15-5-3-2-4-6-15/h2-8,13-14,19,25H,9-12H2,1H3,(H,23,26)/t14-,19+/m1/s1. The molecule has 2 aromatic carbocycles. The topological polar surface area (TPSA) is 69.6 Å². The van der Waals surface area contributed by atoms with Crippen molar-refractivity contribution >= 4 is 11.8 Å². The molecular weight excluding hydrogens is 347 g/mol. The summed E-state index contributed by atoms with van der Waals surface area (Å²) in [6.07, 6.45) is 0.186. The van der Waals surface area contributed by atoms with E-state index in [1.54, 1.807) is 19.1 Å². The third-order valence-electron chi connectivity index (χ3n) is 4.96. The van der Waals surface area contributed by atoms with Crippen LogP contribution in [0.4, 0.5) is 4.39 Å². The molecule has 1 heterocycles. The van der Waals surface area contributed by atoms with Gasteiger partial charge in [0.25, 0.3) is 0 Å². The quantitative estimate of drug-likeness (QED) is 0.849. The Morgan fingerprint density at radius 3 is 2.70 bits per heavy atom. The Bertz CT molecular complexity index is 825. The number of amides is 2. The van der Waals surface area contributed by atoms with Crippen molar-refractivity contribution in [3.8, 4) is 11.1 Å². The lowest BCUT2D eigenvalue weighted by Gasteiger charge is -2.36. The molecule has 2 amide bonds. The lowest BCUT2D eigenvalue weighted by Crippen LogP contribution is -2.58. The molecule has 27 heavy (non-hydrogen) atoms. The van der Waals surface area contributed by atoms with E-state index in [2.05, 4.69) is 5.32 Å². The molecule has 2 atom stereocenters. The molecule has 2 N–H and O–H groups in total. The fraction of sp³-hybridized carbons (Fsp3) is 0.333. The summed E-state index contributed by atoms with van der Waals surface area (Å²) < 4.78 is 14.6. The molecule has 0 aromatic heterocycles. The van der Waals surface area contributed by atoms with E-state index in [0.717, 1.165) is 5.56 Å². The molecule has 1 aliphatic rings. The molecule has 2 aromatic rings. The Hall–Kier alpha value is -2.73. The highest BCUT2D eigenvalue weighted by Gasteiger charge is 2.35. The summed E-state index contributed by atoms with van der Waals surface area (Å²) in [5, 5.41) is 11.9. The summed E-state index contributed by atoms with van der Waals surface area (Å²) in [4.78, 5) is 26.5. The van der Waals surface area contributed by atoms with E-state index in [0.29, 0.717) is 24.2 Å². The van der Waals surface area contributed by atoms with Gasteiger partial charge in [-0.05, 0) is 30.5 Å². The smallest absolute Gasteiger partial charge is 0.242 e. The second-order valence-electron chi connectivity index (χ2n) is 6.68. The number of aliphatic hydroxyl groups excluding tert-OH is 1. The van der Waals surface area contributed by atoms with Gasteiger partial charge in [-0.2, -0.15) is 0 Å². The number of carbonyl (C=O) groups is 2. The van der Waals surface area contributed by atoms with Crippen molar-refractivity contribution in [3.05, 3.63) is 59.9 Å². The highest BCUT2D eigenvalue weighted by atomic mass is 19.1. The maximum Gasteiger partial charge on any atom is 0.242 e. The van der Waals surface area contributed by atoms with Gasteiger partial charge in [0.05, 0.1) is 5.92 Å². The number of piperazine rings is 1. The van der Waals surface area contributed by atoms with Gasteiger partial charge >= 0.3 is 0 Å². The second-order valence-corrected chi connectivity index (χ2v) is 6.68. The molecular formula is C21H23FN2O3. The first-order valence-electron chi connectivity index (χ1n) is 9.07. The molecule has 0 bridgehead atoms. The van der Waals surface area contributed by atoms with E-state index < -0.39 is 12.0 Å². The summed E-state index contributed by atoms with van der Waals surface area (Å²) in [5.74, 6) is -1.48. The zero-order valence-electron chi connectivity index (χ0n) is 15.2. The van der Waals surface area contributed by atoms with Crippen LogP contribution < -0.4 is 5.32 Å². The molecule has 6 heteroatoms. The third-order valence-corrected chi connectivity index (χ3v) is 4.96. The molecule has 0 spiro atoms. The lowest BCUT2D eigenvalue weighted by atomic mass is 9.94. The largest absolute Gasteiger partial charge is 0.396 e. The summed E-state index contributed by atoms with van der Waals surface area (Å²) in [6.45, 7) is 2.28. The number of hydrogen-bond donors (Lipinski definition) is 2. The molecule has 5 nitrogen and oxygen atoms in total. The van der Waals surface area contributed by atoms with Crippen molar-refractivity contribution in [2.45, 2.75) is 25.3 Å². The van der Waals surface area contributed by atoms with Crippen molar-refractivity contribution in [1.82, 2.24) is 10.2 Å². The number of aliphatic hydroxyl groups is 1. The fourth-order valence-corrected chi connectivity index (χ4v) is 3.43. The molecule has 0 radical (unpaired) electrons. The van der Waals surface area contributed by atoms with Gasteiger partial charge in [-0.3, -0.25) is 9.59 Å². The van der Waals surface area contributed by atoms with Gasteiger partial charge in [0.1, 0.15) is 11.9 Å². The van der Waals surface area contributed by atoms with E-state index in [9.17, 15) is 19.1 Å². The maximum atomic E-state index is 14.6. The van der Waals surface area contributed by atoms with Crippen molar-refractivity contribution < 1.29 is 19.1 Å². The number of halogens is 1. The van der Waals surface area contributed by atoms with E-state index in [1.807, 2.05) is 30.3 Å². The first-order valence-corrected chi connectivity index (χ1v) is 9.07. The van der Waals surface area contributed by atoms with Crippen LogP contribution in [-0.4, -0.2) is 47.6 Å². The summed E-state index contributed by atoms with van der Waals surface area (Å²) >= 11 is 0. The average molecular weight is 370 g/mol. The molecule has 1 saturated heterocycles. The first-order chi connectivity index (χ1) is 13.0. The summed E-state index contributed by atoms with van der Waals surface area (Å²) in [6, 6.07) is 13.3. The number of nitrogens with zero attached hydrogens (tertiary/aromatic N) is 1. The molecule has 1 aliphatic heterocycles. The van der Waals surface area contributed by atoms with Gasteiger partial charge in [0.15, 0.2) is 0 Å². The Morgan fingerprint density at radius 2 is 2.04 bits per heavy atom. The summed E-state index contributed by atoms with van der Waals surface area (Å²) in [5.41, 5.74) is 1.82. The Kier molecular flexibility index (Phi) is 5.86. The minimum atomic E-state index is -0.688. The monoisotopic (exact) mass is 370 g/mol. The van der Waals surface area contributed by atoms with E-state index in [4.69, 9.17) is 0 Å². The first kappa shape index (κ1) is 19.0. The van der Waals surface area contributed by atoms with Crippen LogP contribution in [0.15, 0.2) is 48.5 Å². The van der Waals surface area contributed by atoms with Gasteiger partial charge in [-0.25, -0.2) is 4.39 Å². The minimum absolute atomic E-state index is 0.184. The van der Waals surface area contributed by atoms with Gasteiger partial charge in [-0.1, -0.05) is 42.5 Å². The third kappa shape index (κ3) is 4.01. The molecule has 0 saturated carbocycles. The highest BCUT2D eigenvalue weighted by molar-refractivity contribution is 5.91. The predicted molar refractivity (Wildman–Crippen MR) is 100 cm³/mol. The van der Waals surface area contributed by atoms with E-state index in [1.165, 1.54) is 11.0 Å². The normalized spacial score (nSPS) is 18.1. The summed E-state index contributed by atoms with van der Waals surface area (Å²) in [7, 11) is 0. The number of nitrogens with one attached hydrogen (secondary N) is 1. The molecule has 0 aliphatic carbocycles. The van der Waals surface area contributed by atoms with Crippen LogP contribution in [-0.2, 0) is 9.59 Å². The Labute approximate surface area is 157 Å². The van der Waals surface area contributed by atoms with Crippen molar-refractivity contribution in [2.75, 3.05) is 19.7 Å². The Balaban J connectivity index is 1.82. The molecule has 142 valence electrons. The number of benzene rings is 2. The van der Waals surface area contributed by atoms with Crippen molar-refractivity contribution in [1.29, 1.82) is 0 Å². The molecule has 0 unspecified atom stereocenters. The predicted octanol–water partition coefficient (Wildman–Crippen LogP) is 2.31. The molecule has 1 fully saturated rings. The van der Waals surface area contributed by atoms with Crippen LogP contribution >= 0.6 is 0 Å². The van der Waals surface area contributed by atoms with Crippen LogP contribution in [0.3, 0.4) is 0 Å². The molecule has 3 rings (SSSR count). The van der Waals surface area contributed by atoms with Gasteiger partial charge in [0, 0.05) is 25.3 Å². The van der Waals surface area contributed by atoms with E-state index in [-0.39, 0.29) is 30.7 Å². The van der Waals surface area contributed by atoms with Gasteiger partial charge in [-0.15, -0.1) is 0 Å². The highest BCUT2D eigenvalue weighted by Crippen LogP contribution is 2.28. The fourth-order valence-electron chi connectivity index (χ4n) is 3.43. The van der Waals surface area contributed by atoms with Gasteiger partial charge in [0.2, 0.25) is 11.8 Å². The van der Waals surface area contributed by atoms with Crippen molar-refractivity contribution in [3.63, 3.8) is 0 Å². The van der Waals surface area contributed by atoms with Gasteiger partial charge < -0.3 is 15.3 Å².